The molecule has 0 aliphatic rings. The van der Waals surface area contributed by atoms with E-state index in [0.717, 1.165) is 0 Å². The largest absolute Gasteiger partial charge is 0.741 e. The molecule has 0 spiro atoms. The molecular formula is C3H4F6LaO6S2-2. The van der Waals surface area contributed by atoms with E-state index in [1.807, 2.05) is 0 Å². The van der Waals surface area contributed by atoms with Crippen molar-refractivity contribution in [3.05, 3.63) is 0 Å². The Labute approximate surface area is 126 Å². The van der Waals surface area contributed by atoms with Crippen LogP contribution in [0.5, 0.6) is 0 Å². The van der Waals surface area contributed by atoms with Gasteiger partial charge in [0.25, 0.3) is 0 Å². The molecule has 0 fully saturated rings. The van der Waals surface area contributed by atoms with Crippen LogP contribution in [-0.4, -0.2) is 37.0 Å². The van der Waals surface area contributed by atoms with Gasteiger partial charge in [0.15, 0.2) is 20.2 Å². The van der Waals surface area contributed by atoms with Crippen LogP contribution in [0.1, 0.15) is 7.43 Å². The van der Waals surface area contributed by atoms with Gasteiger partial charge < -0.3 is 9.11 Å². The third kappa shape index (κ3) is 11.7. The minimum atomic E-state index is -6.09. The molecule has 0 rings (SSSR count). The molecule has 111 valence electrons. The van der Waals surface area contributed by atoms with E-state index in [4.69, 9.17) is 25.9 Å². The molecule has 15 heteroatoms. The molecule has 0 aromatic carbocycles. The molecule has 0 N–H and O–H groups in total. The summed E-state index contributed by atoms with van der Waals surface area (Å²) >= 11 is 0. The second-order valence-electron chi connectivity index (χ2n) is 1.80. The number of hydrogen-bond acceptors (Lipinski definition) is 6. The van der Waals surface area contributed by atoms with E-state index in [-0.39, 0.29) is 43.0 Å². The molecule has 0 amide bonds. The second-order valence-corrected chi connectivity index (χ2v) is 4.54. The Balaban J connectivity index is -0.0000000980. The van der Waals surface area contributed by atoms with Gasteiger partial charge in [-0.05, 0) is 0 Å². The first-order valence-corrected chi connectivity index (χ1v) is 5.36. The molecule has 0 unspecified atom stereocenters. The SMILES string of the molecule is C.O=S(=O)([O-])C(F)(F)F.O=S(=O)([O-])C(F)(F)F.[La]. The van der Waals surface area contributed by atoms with Crippen LogP contribution in [0.2, 0.25) is 0 Å². The zero-order valence-corrected chi connectivity index (χ0v) is 12.4. The van der Waals surface area contributed by atoms with Crippen molar-refractivity contribution in [3.8, 4) is 0 Å². The Morgan fingerprint density at radius 3 is 0.722 bits per heavy atom. The summed E-state index contributed by atoms with van der Waals surface area (Å²) in [6.45, 7) is 0. The number of rotatable bonds is 0. The zero-order valence-electron chi connectivity index (χ0n) is 7.11. The normalized spacial score (nSPS) is 12.4. The molecule has 0 saturated carbocycles. The van der Waals surface area contributed by atoms with Gasteiger partial charge >= 0.3 is 11.0 Å². The summed E-state index contributed by atoms with van der Waals surface area (Å²) < 4.78 is 118. The molecule has 0 bridgehead atoms. The van der Waals surface area contributed by atoms with E-state index < -0.39 is 31.3 Å². The van der Waals surface area contributed by atoms with Crippen LogP contribution in [0.25, 0.3) is 0 Å². The van der Waals surface area contributed by atoms with E-state index in [0.29, 0.717) is 0 Å². The molecule has 0 aliphatic heterocycles. The fourth-order valence-electron chi connectivity index (χ4n) is 0. The zero-order chi connectivity index (χ0) is 14.0. The van der Waals surface area contributed by atoms with Crippen molar-refractivity contribution in [3.63, 3.8) is 0 Å². The molecular weight excluding hydrogens is 449 g/mol. The fraction of sp³-hybridized carbons (Fsp3) is 1.00. The Morgan fingerprint density at radius 1 is 0.667 bits per heavy atom. The summed E-state index contributed by atoms with van der Waals surface area (Å²) in [5, 5.41) is 0. The molecule has 18 heavy (non-hydrogen) atoms. The summed E-state index contributed by atoms with van der Waals surface area (Å²) in [6, 6.07) is 0. The van der Waals surface area contributed by atoms with Gasteiger partial charge in [0.1, 0.15) is 0 Å². The topological polar surface area (TPSA) is 114 Å². The first kappa shape index (κ1) is 27.0. The Morgan fingerprint density at radius 2 is 0.722 bits per heavy atom. The van der Waals surface area contributed by atoms with Crippen LogP contribution < -0.4 is 0 Å². The smallest absolute Gasteiger partial charge is 0.485 e. The molecule has 0 heterocycles. The summed E-state index contributed by atoms with van der Waals surface area (Å²) in [7, 11) is -12.2. The number of alkyl halides is 6. The molecule has 6 nitrogen and oxygen atoms in total. The van der Waals surface area contributed by atoms with Crippen LogP contribution in [0.3, 0.4) is 0 Å². The van der Waals surface area contributed by atoms with Crippen LogP contribution >= 0.6 is 0 Å². The molecule has 0 atom stereocenters. The molecule has 1 radical (unpaired) electrons. The van der Waals surface area contributed by atoms with Gasteiger partial charge in [-0.1, -0.05) is 7.43 Å². The minimum absolute atomic E-state index is 0. The molecule has 0 aromatic rings. The van der Waals surface area contributed by atoms with Crippen LogP contribution in [0.15, 0.2) is 0 Å². The van der Waals surface area contributed by atoms with E-state index in [2.05, 4.69) is 0 Å². The van der Waals surface area contributed by atoms with Gasteiger partial charge in [0.05, 0.1) is 0 Å². The summed E-state index contributed by atoms with van der Waals surface area (Å²) in [5.41, 5.74) is -11.3. The van der Waals surface area contributed by atoms with E-state index >= 15 is 0 Å². The first-order valence-electron chi connectivity index (χ1n) is 2.54. The van der Waals surface area contributed by atoms with Crippen molar-refractivity contribution in [2.45, 2.75) is 18.4 Å². The third-order valence-corrected chi connectivity index (χ3v) is 1.70. The maximum atomic E-state index is 10.7. The Kier molecular flexibility index (Phi) is 12.0. The Hall–Kier alpha value is 0.595. The fourth-order valence-corrected chi connectivity index (χ4v) is 0. The van der Waals surface area contributed by atoms with Crippen molar-refractivity contribution in [2.24, 2.45) is 0 Å². The number of halogens is 6. The van der Waals surface area contributed by atoms with E-state index in [1.165, 1.54) is 0 Å². The van der Waals surface area contributed by atoms with Crippen LogP contribution in [-0.2, 0) is 20.2 Å². The van der Waals surface area contributed by atoms with E-state index in [1.54, 1.807) is 0 Å². The van der Waals surface area contributed by atoms with Gasteiger partial charge in [0, 0.05) is 35.6 Å². The van der Waals surface area contributed by atoms with Crippen molar-refractivity contribution in [1.82, 2.24) is 0 Å². The van der Waals surface area contributed by atoms with Gasteiger partial charge in [-0.2, -0.15) is 26.3 Å². The van der Waals surface area contributed by atoms with Crippen molar-refractivity contribution >= 4 is 20.2 Å². The quantitative estimate of drug-likeness (QED) is 0.304. The predicted molar refractivity (Wildman–Crippen MR) is 38.2 cm³/mol. The molecule has 0 aromatic heterocycles. The predicted octanol–water partition coefficient (Wildman–Crippen LogP) is 0.739. The van der Waals surface area contributed by atoms with Crippen molar-refractivity contribution in [1.29, 1.82) is 0 Å². The van der Waals surface area contributed by atoms with Gasteiger partial charge in [-0.3, -0.25) is 0 Å². The average Bonchev–Trinajstić information content (AvgIpc) is 1.77. The Bertz CT molecular complexity index is 377. The second kappa shape index (κ2) is 8.01. The summed E-state index contributed by atoms with van der Waals surface area (Å²) in [4.78, 5) is 0. The number of hydrogen-bond donors (Lipinski definition) is 0. The maximum absolute atomic E-state index is 10.7. The first-order chi connectivity index (χ1) is 6.50. The van der Waals surface area contributed by atoms with Crippen LogP contribution in [0.4, 0.5) is 26.3 Å². The average molecular weight is 453 g/mol. The van der Waals surface area contributed by atoms with Gasteiger partial charge in [0.2, 0.25) is 0 Å². The third-order valence-electron chi connectivity index (χ3n) is 0.567. The monoisotopic (exact) mass is 453 g/mol. The maximum Gasteiger partial charge on any atom is 0.485 e. The molecule has 0 saturated heterocycles. The summed E-state index contributed by atoms with van der Waals surface area (Å²) in [6.07, 6.45) is 0. The standard InChI is InChI=1S/2CHF3O3S.CH4.La/c2*2-1(3,4)8(5,6)7;;/h2*(H,5,6,7);1H4;/p-2. The van der Waals surface area contributed by atoms with Crippen molar-refractivity contribution < 1.29 is 87.9 Å². The van der Waals surface area contributed by atoms with Gasteiger partial charge in [-0.25, -0.2) is 16.8 Å². The summed E-state index contributed by atoms with van der Waals surface area (Å²) in [5.74, 6) is 0. The van der Waals surface area contributed by atoms with Crippen molar-refractivity contribution in [2.75, 3.05) is 0 Å². The minimum Gasteiger partial charge on any atom is -0.741 e. The van der Waals surface area contributed by atoms with Gasteiger partial charge in [-0.15, -0.1) is 0 Å². The van der Waals surface area contributed by atoms with E-state index in [9.17, 15) is 26.3 Å². The van der Waals surface area contributed by atoms with Crippen LogP contribution in [0, 0.1) is 35.6 Å². The molecule has 0 aliphatic carbocycles.